The number of nitrogens with one attached hydrogen (secondary N) is 1. The number of benzene rings is 2. The van der Waals surface area contributed by atoms with Crippen LogP contribution in [0.2, 0.25) is 0 Å². The lowest BCUT2D eigenvalue weighted by Gasteiger charge is -2.48. The van der Waals surface area contributed by atoms with Gasteiger partial charge in [-0.15, -0.1) is 0 Å². The third-order valence-electron chi connectivity index (χ3n) is 10.0. The Labute approximate surface area is 224 Å². The van der Waals surface area contributed by atoms with Crippen molar-refractivity contribution in [3.63, 3.8) is 0 Å². The lowest BCUT2D eigenvalue weighted by molar-refractivity contribution is 0.381. The third kappa shape index (κ3) is 3.70. The van der Waals surface area contributed by atoms with Crippen LogP contribution in [0.5, 0.6) is 0 Å². The molecule has 1 N–H and O–H groups in total. The predicted molar refractivity (Wildman–Crippen MR) is 157 cm³/mol. The van der Waals surface area contributed by atoms with Crippen LogP contribution in [0.3, 0.4) is 0 Å². The first-order valence-corrected chi connectivity index (χ1v) is 15.2. The molecule has 1 unspecified atom stereocenters. The highest BCUT2D eigenvalue weighted by molar-refractivity contribution is 5.78. The van der Waals surface area contributed by atoms with E-state index < -0.39 is 0 Å². The fourth-order valence-electron chi connectivity index (χ4n) is 8.48. The zero-order valence-corrected chi connectivity index (χ0v) is 24.5. The van der Waals surface area contributed by atoms with Gasteiger partial charge < -0.3 is 10.2 Å². The summed E-state index contributed by atoms with van der Waals surface area (Å²) in [6.07, 6.45) is 8.66. The van der Waals surface area contributed by atoms with Crippen molar-refractivity contribution in [3.8, 4) is 0 Å². The number of unbranched alkanes of at least 4 members (excludes halogenated alkanes) is 1. The fourth-order valence-corrected chi connectivity index (χ4v) is 8.48. The highest BCUT2D eigenvalue weighted by atomic mass is 15.2. The zero-order valence-electron chi connectivity index (χ0n) is 24.5. The average Bonchev–Trinajstić information content (AvgIpc) is 2.85. The smallest absolute Gasteiger partial charge is 0.206 e. The Balaban J connectivity index is 1.70. The molecule has 1 aliphatic carbocycles. The summed E-state index contributed by atoms with van der Waals surface area (Å²) in [6.45, 7) is 21.5. The predicted octanol–water partition coefficient (Wildman–Crippen LogP) is 5.37. The van der Waals surface area contributed by atoms with Crippen LogP contribution in [0.15, 0.2) is 18.2 Å². The summed E-state index contributed by atoms with van der Waals surface area (Å²) in [5.74, 6) is 0.567. The van der Waals surface area contributed by atoms with Crippen LogP contribution in [0.1, 0.15) is 120 Å². The van der Waals surface area contributed by atoms with Crippen molar-refractivity contribution < 1.29 is 0 Å². The van der Waals surface area contributed by atoms with Gasteiger partial charge in [0.25, 0.3) is 0 Å². The Morgan fingerprint density at radius 1 is 1.03 bits per heavy atom. The highest BCUT2D eigenvalue weighted by Gasteiger charge is 2.42. The zero-order chi connectivity index (χ0) is 26.1. The second-order valence-corrected chi connectivity index (χ2v) is 13.4. The van der Waals surface area contributed by atoms with Gasteiger partial charge >= 0.3 is 0 Å². The topological polar surface area (TPSA) is 18.3 Å². The van der Waals surface area contributed by atoms with Crippen molar-refractivity contribution in [2.24, 2.45) is 0 Å². The van der Waals surface area contributed by atoms with Crippen LogP contribution in [0.4, 0.5) is 5.69 Å². The molecule has 0 saturated carbocycles. The van der Waals surface area contributed by atoms with Crippen LogP contribution in [0, 0.1) is 0 Å². The van der Waals surface area contributed by atoms with Crippen molar-refractivity contribution in [1.29, 1.82) is 0 Å². The van der Waals surface area contributed by atoms with Gasteiger partial charge in [-0.3, -0.25) is 0 Å². The maximum absolute atomic E-state index is 4.01. The minimum atomic E-state index is -0.0231. The van der Waals surface area contributed by atoms with E-state index in [1.54, 1.807) is 27.6 Å². The fraction of sp³-hybridized carbons (Fsp3) is 0.618. The molecule has 0 spiro atoms. The van der Waals surface area contributed by atoms with Crippen LogP contribution in [0.25, 0.3) is 5.70 Å². The summed E-state index contributed by atoms with van der Waals surface area (Å²) in [4.78, 5) is 2.68. The molecule has 3 aliphatic heterocycles. The minimum Gasteiger partial charge on any atom is -0.384 e. The monoisotopic (exact) mass is 498 g/mol. The van der Waals surface area contributed by atoms with E-state index in [0.717, 1.165) is 13.1 Å². The Bertz CT molecular complexity index is 1370. The Morgan fingerprint density at radius 3 is 2.51 bits per heavy atom. The molecule has 0 radical (unpaired) electrons. The van der Waals surface area contributed by atoms with Gasteiger partial charge in [-0.25, -0.2) is 4.58 Å². The highest BCUT2D eigenvalue weighted by Crippen LogP contribution is 2.48. The Hall–Kier alpha value is -2.29. The molecule has 3 heteroatoms. The van der Waals surface area contributed by atoms with E-state index in [1.165, 1.54) is 85.8 Å². The first kappa shape index (κ1) is 25.0. The van der Waals surface area contributed by atoms with E-state index in [0.29, 0.717) is 5.92 Å². The van der Waals surface area contributed by atoms with Gasteiger partial charge in [0.2, 0.25) is 5.36 Å². The molecule has 0 fully saturated rings. The van der Waals surface area contributed by atoms with E-state index in [1.807, 2.05) is 0 Å². The second-order valence-electron chi connectivity index (χ2n) is 13.4. The summed E-state index contributed by atoms with van der Waals surface area (Å²) in [7, 11) is 0. The van der Waals surface area contributed by atoms with Gasteiger partial charge in [0.1, 0.15) is 13.1 Å². The molecule has 2 aromatic rings. The molecule has 3 heterocycles. The maximum Gasteiger partial charge on any atom is 0.206 e. The number of rotatable bonds is 5. The molecule has 0 bridgehead atoms. The van der Waals surface area contributed by atoms with Crippen LogP contribution >= 0.6 is 0 Å². The van der Waals surface area contributed by atoms with Crippen LogP contribution < -0.4 is 25.4 Å². The van der Waals surface area contributed by atoms with Crippen LogP contribution in [-0.4, -0.2) is 31.7 Å². The molecule has 37 heavy (non-hydrogen) atoms. The van der Waals surface area contributed by atoms with Crippen molar-refractivity contribution in [2.45, 2.75) is 110 Å². The molecular formula is C34H48N3+. The normalized spacial score (nSPS) is 22.7. The SMILES string of the molecule is CCCCNC1=c2cc3c4c(c2C(C)(C)c2cc5c(cc21)C(C)CC(C)(C)N5CC)CCC[N+]=4CCC3. The number of anilines is 1. The van der Waals surface area contributed by atoms with E-state index >= 15 is 0 Å². The van der Waals surface area contributed by atoms with Gasteiger partial charge in [-0.2, -0.15) is 0 Å². The van der Waals surface area contributed by atoms with Crippen LogP contribution in [-0.2, 0) is 18.3 Å². The summed E-state index contributed by atoms with van der Waals surface area (Å²) in [5.41, 5.74) is 12.4. The van der Waals surface area contributed by atoms with Crippen molar-refractivity contribution in [2.75, 3.05) is 31.1 Å². The third-order valence-corrected chi connectivity index (χ3v) is 10.0. The Morgan fingerprint density at radius 2 is 1.78 bits per heavy atom. The van der Waals surface area contributed by atoms with Crippen molar-refractivity contribution in [3.05, 3.63) is 62.2 Å². The molecule has 4 aliphatic rings. The molecule has 3 nitrogen and oxygen atoms in total. The quantitative estimate of drug-likeness (QED) is 0.441. The molecule has 1 atom stereocenters. The van der Waals surface area contributed by atoms with E-state index in [-0.39, 0.29) is 11.0 Å². The molecule has 2 aromatic carbocycles. The second kappa shape index (κ2) is 8.89. The molecule has 6 rings (SSSR count). The van der Waals surface area contributed by atoms with Crippen molar-refractivity contribution in [1.82, 2.24) is 9.89 Å². The Kier molecular flexibility index (Phi) is 6.01. The average molecular weight is 499 g/mol. The number of aryl methyl sites for hydroxylation is 1. The van der Waals surface area contributed by atoms with E-state index in [2.05, 4.69) is 81.5 Å². The largest absolute Gasteiger partial charge is 0.384 e. The van der Waals surface area contributed by atoms with Gasteiger partial charge in [0, 0.05) is 70.2 Å². The number of hydrogen-bond acceptors (Lipinski definition) is 2. The van der Waals surface area contributed by atoms with E-state index in [9.17, 15) is 0 Å². The van der Waals surface area contributed by atoms with Gasteiger partial charge in [-0.1, -0.05) is 34.1 Å². The summed E-state index contributed by atoms with van der Waals surface area (Å²) in [6, 6.07) is 7.82. The van der Waals surface area contributed by atoms with Gasteiger partial charge in [0.15, 0.2) is 0 Å². The summed E-state index contributed by atoms with van der Waals surface area (Å²) >= 11 is 0. The molecule has 0 saturated heterocycles. The first-order valence-electron chi connectivity index (χ1n) is 15.2. The summed E-state index contributed by atoms with van der Waals surface area (Å²) in [5, 5.41) is 7.12. The molecule has 0 amide bonds. The standard InChI is InChI=1S/C34H47N3/c1-8-10-15-35-31-26-19-25-22(3)21-33(4,5)37(9-2)29(25)20-28(26)34(6,7)30-24-14-12-17-36-16-11-13-23(32(24)36)18-27(30)31/h18-20,22H,8-17,21H2,1-7H3/p+1. The lowest BCUT2D eigenvalue weighted by Crippen LogP contribution is -2.50. The van der Waals surface area contributed by atoms with Crippen molar-refractivity contribution >= 4 is 11.4 Å². The minimum absolute atomic E-state index is 0.0231. The summed E-state index contributed by atoms with van der Waals surface area (Å²) < 4.78 is 2.71. The van der Waals surface area contributed by atoms with Gasteiger partial charge in [0.05, 0.1) is 0 Å². The first-order chi connectivity index (χ1) is 17.7. The molecular weight excluding hydrogens is 450 g/mol. The molecule has 198 valence electrons. The number of nitrogens with zero attached hydrogens (tertiary/aromatic N) is 2. The lowest BCUT2D eigenvalue weighted by atomic mass is 9.66. The van der Waals surface area contributed by atoms with E-state index in [4.69, 9.17) is 0 Å². The molecule has 0 aromatic heterocycles. The van der Waals surface area contributed by atoms with Gasteiger partial charge in [-0.05, 0) is 87.3 Å². The number of fused-ring (bicyclic) bond motifs is 4. The maximum atomic E-state index is 4.01. The number of hydrogen-bond donors (Lipinski definition) is 1.